The summed E-state index contributed by atoms with van der Waals surface area (Å²) in [5, 5.41) is 0. The summed E-state index contributed by atoms with van der Waals surface area (Å²) >= 11 is 0. The molecule has 1 aliphatic heterocycles. The Bertz CT molecular complexity index is 353. The lowest BCUT2D eigenvalue weighted by Gasteiger charge is -2.37. The van der Waals surface area contributed by atoms with Crippen molar-refractivity contribution in [2.45, 2.75) is 19.5 Å². The van der Waals surface area contributed by atoms with E-state index in [0.29, 0.717) is 11.9 Å². The fraction of sp³-hybridized carbons (Fsp3) is 0.583. The third-order valence-electron chi connectivity index (χ3n) is 3.36. The largest absolute Gasteiger partial charge is 0.383 e. The highest BCUT2D eigenvalue weighted by atomic mass is 15.3. The van der Waals surface area contributed by atoms with Crippen LogP contribution in [0.15, 0.2) is 18.3 Å². The molecule has 16 heavy (non-hydrogen) atoms. The SMILES string of the molecule is CC1CN(Cc2cccnc2N)CCN1C. The van der Waals surface area contributed by atoms with Gasteiger partial charge in [0.1, 0.15) is 5.82 Å². The Balaban J connectivity index is 1.98. The number of anilines is 1. The Morgan fingerprint density at radius 2 is 2.31 bits per heavy atom. The molecular formula is C12H20N4. The van der Waals surface area contributed by atoms with Crippen LogP contribution in [-0.4, -0.2) is 47.5 Å². The molecule has 2 rings (SSSR count). The smallest absolute Gasteiger partial charge is 0.127 e. The van der Waals surface area contributed by atoms with Gasteiger partial charge in [-0.1, -0.05) is 6.07 Å². The second-order valence-corrected chi connectivity index (χ2v) is 4.61. The zero-order valence-corrected chi connectivity index (χ0v) is 10.1. The average molecular weight is 220 g/mol. The lowest BCUT2D eigenvalue weighted by Crippen LogP contribution is -2.49. The van der Waals surface area contributed by atoms with Gasteiger partial charge in [-0.25, -0.2) is 4.98 Å². The van der Waals surface area contributed by atoms with Gasteiger partial charge < -0.3 is 10.6 Å². The van der Waals surface area contributed by atoms with Gasteiger partial charge >= 0.3 is 0 Å². The fourth-order valence-electron chi connectivity index (χ4n) is 2.09. The van der Waals surface area contributed by atoms with Crippen LogP contribution >= 0.6 is 0 Å². The fourth-order valence-corrected chi connectivity index (χ4v) is 2.09. The molecule has 4 nitrogen and oxygen atoms in total. The molecule has 0 saturated carbocycles. The van der Waals surface area contributed by atoms with E-state index in [1.54, 1.807) is 6.20 Å². The number of hydrogen-bond acceptors (Lipinski definition) is 4. The van der Waals surface area contributed by atoms with Gasteiger partial charge in [0.15, 0.2) is 0 Å². The number of nitrogen functional groups attached to an aromatic ring is 1. The predicted octanol–water partition coefficient (Wildman–Crippen LogP) is 0.800. The van der Waals surface area contributed by atoms with Gasteiger partial charge in [0.25, 0.3) is 0 Å². The van der Waals surface area contributed by atoms with E-state index in [1.165, 1.54) is 0 Å². The first kappa shape index (κ1) is 11.4. The monoisotopic (exact) mass is 220 g/mol. The third-order valence-corrected chi connectivity index (χ3v) is 3.36. The van der Waals surface area contributed by atoms with E-state index in [4.69, 9.17) is 5.73 Å². The van der Waals surface area contributed by atoms with Gasteiger partial charge in [-0.05, 0) is 20.0 Å². The number of nitrogens with zero attached hydrogens (tertiary/aromatic N) is 3. The summed E-state index contributed by atoms with van der Waals surface area (Å²) in [5.74, 6) is 0.661. The first-order chi connectivity index (χ1) is 7.66. The van der Waals surface area contributed by atoms with E-state index >= 15 is 0 Å². The summed E-state index contributed by atoms with van der Waals surface area (Å²) in [4.78, 5) is 8.95. The molecular weight excluding hydrogens is 200 g/mol. The van der Waals surface area contributed by atoms with Crippen molar-refractivity contribution in [1.82, 2.24) is 14.8 Å². The van der Waals surface area contributed by atoms with Gasteiger partial charge in [-0.2, -0.15) is 0 Å². The topological polar surface area (TPSA) is 45.4 Å². The number of piperazine rings is 1. The second-order valence-electron chi connectivity index (χ2n) is 4.61. The number of likely N-dealkylation sites (N-methyl/N-ethyl adjacent to an activating group) is 1. The summed E-state index contributed by atoms with van der Waals surface area (Å²) in [7, 11) is 2.18. The van der Waals surface area contributed by atoms with Crippen molar-refractivity contribution in [3.63, 3.8) is 0 Å². The van der Waals surface area contributed by atoms with E-state index < -0.39 is 0 Å². The molecule has 1 unspecified atom stereocenters. The maximum Gasteiger partial charge on any atom is 0.127 e. The van der Waals surface area contributed by atoms with Crippen LogP contribution in [-0.2, 0) is 6.54 Å². The van der Waals surface area contributed by atoms with E-state index in [1.807, 2.05) is 6.07 Å². The molecule has 1 saturated heterocycles. The minimum absolute atomic E-state index is 0.617. The second kappa shape index (κ2) is 4.80. The summed E-state index contributed by atoms with van der Waals surface area (Å²) < 4.78 is 0. The molecule has 0 amide bonds. The summed E-state index contributed by atoms with van der Waals surface area (Å²) in [6, 6.07) is 4.63. The first-order valence-electron chi connectivity index (χ1n) is 5.79. The molecule has 2 N–H and O–H groups in total. The van der Waals surface area contributed by atoms with E-state index in [9.17, 15) is 0 Å². The maximum absolute atomic E-state index is 5.85. The highest BCUT2D eigenvalue weighted by molar-refractivity contribution is 5.38. The molecule has 0 aromatic carbocycles. The molecule has 2 heterocycles. The number of aromatic nitrogens is 1. The van der Waals surface area contributed by atoms with Crippen LogP contribution in [0, 0.1) is 0 Å². The van der Waals surface area contributed by atoms with Crippen molar-refractivity contribution < 1.29 is 0 Å². The van der Waals surface area contributed by atoms with Crippen LogP contribution in [0.25, 0.3) is 0 Å². The van der Waals surface area contributed by atoms with Gasteiger partial charge in [0, 0.05) is 44.0 Å². The Kier molecular flexibility index (Phi) is 3.41. The van der Waals surface area contributed by atoms with E-state index in [-0.39, 0.29) is 0 Å². The Morgan fingerprint density at radius 3 is 3.00 bits per heavy atom. The normalized spacial score (nSPS) is 23.5. The van der Waals surface area contributed by atoms with E-state index in [0.717, 1.165) is 31.7 Å². The predicted molar refractivity (Wildman–Crippen MR) is 66.0 cm³/mol. The number of nitrogens with two attached hydrogens (primary N) is 1. The standard InChI is InChI=1S/C12H20N4/c1-10-8-16(7-6-15(10)2)9-11-4-3-5-14-12(11)13/h3-5,10H,6-9H2,1-2H3,(H2,13,14). The van der Waals surface area contributed by atoms with Crippen LogP contribution in [0.4, 0.5) is 5.82 Å². The number of rotatable bonds is 2. The molecule has 0 aliphatic carbocycles. The van der Waals surface area contributed by atoms with Crippen LogP contribution < -0.4 is 5.73 Å². The highest BCUT2D eigenvalue weighted by Crippen LogP contribution is 2.14. The van der Waals surface area contributed by atoms with Crippen LogP contribution in [0.1, 0.15) is 12.5 Å². The zero-order chi connectivity index (χ0) is 11.5. The molecule has 0 bridgehead atoms. The van der Waals surface area contributed by atoms with Crippen molar-refractivity contribution >= 4 is 5.82 Å². The van der Waals surface area contributed by atoms with Gasteiger partial charge in [-0.15, -0.1) is 0 Å². The minimum Gasteiger partial charge on any atom is -0.383 e. The lowest BCUT2D eigenvalue weighted by atomic mass is 10.1. The molecule has 0 radical (unpaired) electrons. The molecule has 1 atom stereocenters. The molecule has 1 fully saturated rings. The van der Waals surface area contributed by atoms with Crippen molar-refractivity contribution in [2.75, 3.05) is 32.4 Å². The maximum atomic E-state index is 5.85. The van der Waals surface area contributed by atoms with Gasteiger partial charge in [0.05, 0.1) is 0 Å². The lowest BCUT2D eigenvalue weighted by molar-refractivity contribution is 0.100. The highest BCUT2D eigenvalue weighted by Gasteiger charge is 2.20. The Hall–Kier alpha value is -1.13. The summed E-state index contributed by atoms with van der Waals surface area (Å²) in [6.07, 6.45) is 1.74. The average Bonchev–Trinajstić information content (AvgIpc) is 2.27. The number of hydrogen-bond donors (Lipinski definition) is 1. The third kappa shape index (κ3) is 2.51. The van der Waals surface area contributed by atoms with Crippen LogP contribution in [0.2, 0.25) is 0 Å². The van der Waals surface area contributed by atoms with Crippen LogP contribution in [0.5, 0.6) is 0 Å². The summed E-state index contributed by atoms with van der Waals surface area (Å²) in [5.41, 5.74) is 6.99. The Labute approximate surface area is 97.1 Å². The summed E-state index contributed by atoms with van der Waals surface area (Å²) in [6.45, 7) is 6.51. The van der Waals surface area contributed by atoms with Crippen molar-refractivity contribution in [2.24, 2.45) is 0 Å². The minimum atomic E-state index is 0.617. The van der Waals surface area contributed by atoms with Gasteiger partial charge in [-0.3, -0.25) is 4.90 Å². The number of pyridine rings is 1. The van der Waals surface area contributed by atoms with Gasteiger partial charge in [0.2, 0.25) is 0 Å². The van der Waals surface area contributed by atoms with E-state index in [2.05, 4.69) is 34.8 Å². The molecule has 4 heteroatoms. The molecule has 88 valence electrons. The molecule has 1 aromatic rings. The molecule has 0 spiro atoms. The first-order valence-corrected chi connectivity index (χ1v) is 5.79. The van der Waals surface area contributed by atoms with Crippen molar-refractivity contribution in [3.05, 3.63) is 23.9 Å². The van der Waals surface area contributed by atoms with Crippen molar-refractivity contribution in [3.8, 4) is 0 Å². The van der Waals surface area contributed by atoms with Crippen LogP contribution in [0.3, 0.4) is 0 Å². The zero-order valence-electron chi connectivity index (χ0n) is 10.1. The molecule has 1 aromatic heterocycles. The quantitative estimate of drug-likeness (QED) is 0.801. The van der Waals surface area contributed by atoms with Crippen molar-refractivity contribution in [1.29, 1.82) is 0 Å². The Morgan fingerprint density at radius 1 is 1.50 bits per heavy atom. The molecule has 1 aliphatic rings.